The third kappa shape index (κ3) is 2.94. The van der Waals surface area contributed by atoms with Crippen molar-refractivity contribution in [3.8, 4) is 6.07 Å². The molecule has 0 aliphatic carbocycles. The summed E-state index contributed by atoms with van der Waals surface area (Å²) in [5.41, 5.74) is -0.792. The molecule has 0 aromatic carbocycles. The van der Waals surface area contributed by atoms with E-state index in [0.717, 1.165) is 0 Å². The maximum absolute atomic E-state index is 11.9. The van der Waals surface area contributed by atoms with Crippen LogP contribution in [0.2, 0.25) is 0 Å². The molecule has 1 N–H and O–H groups in total. The number of hydrogen-bond donors (Lipinski definition) is 1. The molecular formula is C10H18N2O3S. The number of nitrogens with zero attached hydrogens (tertiary/aromatic N) is 2. The van der Waals surface area contributed by atoms with Crippen molar-refractivity contribution in [3.05, 3.63) is 0 Å². The molecule has 0 radical (unpaired) electrons. The molecule has 1 fully saturated rings. The fraction of sp³-hybridized carbons (Fsp3) is 0.900. The van der Waals surface area contributed by atoms with Gasteiger partial charge in [0.1, 0.15) is 0 Å². The highest BCUT2D eigenvalue weighted by atomic mass is 32.2. The van der Waals surface area contributed by atoms with Gasteiger partial charge in [0.25, 0.3) is 0 Å². The van der Waals surface area contributed by atoms with Gasteiger partial charge in [0.15, 0.2) is 5.25 Å². The Kier molecular flexibility index (Phi) is 3.94. The normalized spacial score (nSPS) is 30.4. The van der Waals surface area contributed by atoms with Crippen LogP contribution in [-0.2, 0) is 10.0 Å². The molecule has 2 unspecified atom stereocenters. The smallest absolute Gasteiger partial charge is 0.230 e. The van der Waals surface area contributed by atoms with Crippen LogP contribution in [0.1, 0.15) is 33.1 Å². The Balaban J connectivity index is 2.80. The third-order valence-electron chi connectivity index (χ3n) is 3.01. The Labute approximate surface area is 96.7 Å². The molecule has 0 saturated carbocycles. The third-order valence-corrected chi connectivity index (χ3v) is 5.10. The van der Waals surface area contributed by atoms with E-state index >= 15 is 0 Å². The molecule has 6 heteroatoms. The van der Waals surface area contributed by atoms with Crippen LogP contribution in [0.4, 0.5) is 0 Å². The fourth-order valence-corrected chi connectivity index (χ4v) is 3.09. The zero-order valence-corrected chi connectivity index (χ0v) is 10.5. The number of sulfonamides is 1. The van der Waals surface area contributed by atoms with E-state index < -0.39 is 20.9 Å². The first-order valence-electron chi connectivity index (χ1n) is 5.40. The highest BCUT2D eigenvalue weighted by Crippen LogP contribution is 2.23. The summed E-state index contributed by atoms with van der Waals surface area (Å²) < 4.78 is 25.1. The van der Waals surface area contributed by atoms with E-state index in [9.17, 15) is 13.5 Å². The quantitative estimate of drug-likeness (QED) is 0.767. The summed E-state index contributed by atoms with van der Waals surface area (Å²) in [6.45, 7) is 3.79. The summed E-state index contributed by atoms with van der Waals surface area (Å²) in [6.07, 6.45) is 1.65. The molecule has 16 heavy (non-hydrogen) atoms. The molecule has 0 aromatic rings. The molecular weight excluding hydrogens is 228 g/mol. The maximum atomic E-state index is 11.9. The monoisotopic (exact) mass is 246 g/mol. The van der Waals surface area contributed by atoms with Gasteiger partial charge in [0.05, 0.1) is 11.7 Å². The van der Waals surface area contributed by atoms with Crippen LogP contribution >= 0.6 is 0 Å². The summed E-state index contributed by atoms with van der Waals surface area (Å²) in [4.78, 5) is 0. The zero-order valence-electron chi connectivity index (χ0n) is 9.68. The van der Waals surface area contributed by atoms with Crippen LogP contribution in [0, 0.1) is 11.3 Å². The van der Waals surface area contributed by atoms with Crippen molar-refractivity contribution < 1.29 is 13.5 Å². The molecule has 2 atom stereocenters. The van der Waals surface area contributed by atoms with Crippen LogP contribution in [-0.4, -0.2) is 41.8 Å². The van der Waals surface area contributed by atoms with E-state index in [1.54, 1.807) is 13.0 Å². The van der Waals surface area contributed by atoms with Crippen molar-refractivity contribution in [1.82, 2.24) is 4.31 Å². The van der Waals surface area contributed by atoms with E-state index in [1.165, 1.54) is 11.2 Å². The van der Waals surface area contributed by atoms with Crippen LogP contribution in [0.5, 0.6) is 0 Å². The summed E-state index contributed by atoms with van der Waals surface area (Å²) in [5.74, 6) is 0. The topological polar surface area (TPSA) is 81.4 Å². The van der Waals surface area contributed by atoms with Gasteiger partial charge < -0.3 is 5.11 Å². The maximum Gasteiger partial charge on any atom is 0.230 e. The van der Waals surface area contributed by atoms with Crippen molar-refractivity contribution in [2.24, 2.45) is 0 Å². The lowest BCUT2D eigenvalue weighted by Crippen LogP contribution is -2.38. The Bertz CT molecular complexity index is 383. The minimum absolute atomic E-state index is 0.293. The average Bonchev–Trinajstić information content (AvgIpc) is 2.38. The Morgan fingerprint density at radius 2 is 2.06 bits per heavy atom. The summed E-state index contributed by atoms with van der Waals surface area (Å²) >= 11 is 0. The Morgan fingerprint density at radius 1 is 1.44 bits per heavy atom. The summed E-state index contributed by atoms with van der Waals surface area (Å²) in [7, 11) is -3.52. The highest BCUT2D eigenvalue weighted by molar-refractivity contribution is 7.89. The van der Waals surface area contributed by atoms with Gasteiger partial charge in [0, 0.05) is 13.1 Å². The number of rotatable bonds is 2. The lowest BCUT2D eigenvalue weighted by Gasteiger charge is -2.22. The van der Waals surface area contributed by atoms with Gasteiger partial charge >= 0.3 is 0 Å². The fourth-order valence-electron chi connectivity index (χ4n) is 1.78. The van der Waals surface area contributed by atoms with Crippen molar-refractivity contribution in [3.63, 3.8) is 0 Å². The first-order valence-corrected chi connectivity index (χ1v) is 6.91. The SMILES string of the molecule is CC(C#N)S(=O)(=O)N1CCCC(C)(O)CC1. The predicted molar refractivity (Wildman–Crippen MR) is 60.0 cm³/mol. The van der Waals surface area contributed by atoms with E-state index in [0.29, 0.717) is 32.4 Å². The minimum Gasteiger partial charge on any atom is -0.390 e. The first-order chi connectivity index (χ1) is 7.29. The van der Waals surface area contributed by atoms with Gasteiger partial charge in [0.2, 0.25) is 10.0 Å². The number of aliphatic hydroxyl groups is 1. The molecule has 0 amide bonds. The molecule has 0 aromatic heterocycles. The minimum atomic E-state index is -3.52. The van der Waals surface area contributed by atoms with Crippen LogP contribution in [0.25, 0.3) is 0 Å². The molecule has 1 rings (SSSR count). The first kappa shape index (κ1) is 13.4. The van der Waals surface area contributed by atoms with Crippen molar-refractivity contribution in [2.45, 2.75) is 44.0 Å². The van der Waals surface area contributed by atoms with Gasteiger partial charge in [-0.2, -0.15) is 5.26 Å². The predicted octanol–water partition coefficient (Wildman–Crippen LogP) is 0.465. The molecule has 0 bridgehead atoms. The number of nitriles is 1. The van der Waals surface area contributed by atoms with E-state index in [-0.39, 0.29) is 0 Å². The van der Waals surface area contributed by atoms with Crippen LogP contribution < -0.4 is 0 Å². The average molecular weight is 246 g/mol. The van der Waals surface area contributed by atoms with Crippen molar-refractivity contribution in [2.75, 3.05) is 13.1 Å². The van der Waals surface area contributed by atoms with Gasteiger partial charge in [-0.05, 0) is 33.1 Å². The Hall–Kier alpha value is -0.640. The highest BCUT2D eigenvalue weighted by Gasteiger charge is 2.33. The lowest BCUT2D eigenvalue weighted by molar-refractivity contribution is 0.0465. The van der Waals surface area contributed by atoms with E-state index in [1.807, 2.05) is 0 Å². The molecule has 1 aliphatic rings. The lowest BCUT2D eigenvalue weighted by atomic mass is 9.98. The zero-order chi connectivity index (χ0) is 12.4. The summed E-state index contributed by atoms with van der Waals surface area (Å²) in [5, 5.41) is 17.5. The second-order valence-corrected chi connectivity index (χ2v) is 6.82. The van der Waals surface area contributed by atoms with E-state index in [4.69, 9.17) is 5.26 Å². The van der Waals surface area contributed by atoms with Gasteiger partial charge in [-0.15, -0.1) is 0 Å². The van der Waals surface area contributed by atoms with Crippen molar-refractivity contribution >= 4 is 10.0 Å². The van der Waals surface area contributed by atoms with Gasteiger partial charge in [-0.3, -0.25) is 0 Å². The summed E-state index contributed by atoms with van der Waals surface area (Å²) in [6, 6.07) is 1.75. The van der Waals surface area contributed by atoms with Crippen molar-refractivity contribution in [1.29, 1.82) is 5.26 Å². The molecule has 0 spiro atoms. The second kappa shape index (κ2) is 4.70. The van der Waals surface area contributed by atoms with E-state index in [2.05, 4.69) is 0 Å². The second-order valence-electron chi connectivity index (χ2n) is 4.57. The van der Waals surface area contributed by atoms with Gasteiger partial charge in [-0.1, -0.05) is 0 Å². The number of hydrogen-bond acceptors (Lipinski definition) is 4. The van der Waals surface area contributed by atoms with Gasteiger partial charge in [-0.25, -0.2) is 12.7 Å². The largest absolute Gasteiger partial charge is 0.390 e. The molecule has 1 heterocycles. The molecule has 1 aliphatic heterocycles. The molecule has 92 valence electrons. The van der Waals surface area contributed by atoms with Crippen LogP contribution in [0.3, 0.4) is 0 Å². The standard InChI is InChI=1S/C10H18N2O3S/c1-9(8-11)16(14,15)12-6-3-4-10(2,13)5-7-12/h9,13H,3-7H2,1-2H3. The molecule has 1 saturated heterocycles. The van der Waals surface area contributed by atoms with Crippen LogP contribution in [0.15, 0.2) is 0 Å². The molecule has 5 nitrogen and oxygen atoms in total. The Morgan fingerprint density at radius 3 is 2.62 bits per heavy atom.